The lowest BCUT2D eigenvalue weighted by molar-refractivity contribution is 0.102. The number of aromatic nitrogens is 1. The molecule has 3 rings (SSSR count). The van der Waals surface area contributed by atoms with Gasteiger partial charge in [-0.3, -0.25) is 4.79 Å². The smallest absolute Gasteiger partial charge is 0.256 e. The molecule has 1 aromatic heterocycles. The maximum Gasteiger partial charge on any atom is 0.256 e. The average Bonchev–Trinajstić information content (AvgIpc) is 3.01. The first-order valence-corrected chi connectivity index (χ1v) is 10.7. The molecule has 0 aliphatic rings. The fourth-order valence-electron chi connectivity index (χ4n) is 2.40. The largest absolute Gasteiger partial charge is 0.449 e. The van der Waals surface area contributed by atoms with Crippen LogP contribution in [0.3, 0.4) is 0 Å². The molecule has 1 amide bonds. The van der Waals surface area contributed by atoms with Gasteiger partial charge in [0.05, 0.1) is 15.5 Å². The number of aryl methyl sites for hydroxylation is 1. The third-order valence-electron chi connectivity index (χ3n) is 3.73. The Morgan fingerprint density at radius 1 is 1.22 bits per heavy atom. The average molecular weight is 470 g/mol. The van der Waals surface area contributed by atoms with Crippen molar-refractivity contribution in [3.8, 4) is 11.3 Å². The van der Waals surface area contributed by atoms with Crippen LogP contribution in [0.5, 0.6) is 0 Å². The van der Waals surface area contributed by atoms with Gasteiger partial charge in [-0.15, -0.1) is 0 Å². The van der Waals surface area contributed by atoms with Crippen LogP contribution in [0.15, 0.2) is 56.4 Å². The first-order chi connectivity index (χ1) is 12.6. The van der Waals surface area contributed by atoms with Gasteiger partial charge >= 0.3 is 0 Å². The minimum atomic E-state index is -3.36. The van der Waals surface area contributed by atoms with Crippen LogP contribution >= 0.6 is 27.5 Å². The van der Waals surface area contributed by atoms with Gasteiger partial charge in [-0.05, 0) is 52.3 Å². The summed E-state index contributed by atoms with van der Waals surface area (Å²) in [5.74, 6) is 0.108. The second kappa shape index (κ2) is 7.46. The van der Waals surface area contributed by atoms with Crippen molar-refractivity contribution in [2.24, 2.45) is 0 Å². The molecule has 27 heavy (non-hydrogen) atoms. The number of nitrogens with one attached hydrogen (secondary N) is 1. The molecule has 0 atom stereocenters. The number of carbonyl (C=O) groups excluding carboxylic acids is 1. The number of sulfone groups is 1. The Bertz CT molecular complexity index is 1140. The lowest BCUT2D eigenvalue weighted by Crippen LogP contribution is -2.13. The molecule has 0 aliphatic carbocycles. The summed E-state index contributed by atoms with van der Waals surface area (Å²) in [6.07, 6.45) is 2.60. The first-order valence-electron chi connectivity index (χ1n) is 7.68. The number of benzene rings is 2. The predicted molar refractivity (Wildman–Crippen MR) is 107 cm³/mol. The minimum Gasteiger partial charge on any atom is -0.449 e. The molecule has 6 nitrogen and oxygen atoms in total. The maximum absolute atomic E-state index is 12.6. The summed E-state index contributed by atoms with van der Waals surface area (Å²) in [5, 5.41) is 3.24. The number of nitrogens with zero attached hydrogens (tertiary/aromatic N) is 1. The molecule has 1 N–H and O–H groups in total. The van der Waals surface area contributed by atoms with E-state index < -0.39 is 15.7 Å². The van der Waals surface area contributed by atoms with Crippen LogP contribution in [0.2, 0.25) is 5.02 Å². The fraction of sp³-hybridized carbons (Fsp3) is 0.111. The molecule has 0 unspecified atom stereocenters. The standard InChI is InChI=1S/C18H14BrClN2O4S/c1-10-21-17(9-26-10)14-7-11(3-6-16(14)20)22-18(23)13-5-4-12(8-15(13)19)27(2,24)25/h3-9H,1-2H3,(H,22,23). The Morgan fingerprint density at radius 3 is 2.56 bits per heavy atom. The Balaban J connectivity index is 1.89. The number of amides is 1. The summed E-state index contributed by atoms with van der Waals surface area (Å²) < 4.78 is 28.8. The lowest BCUT2D eigenvalue weighted by atomic mass is 10.1. The van der Waals surface area contributed by atoms with Crippen molar-refractivity contribution in [3.05, 3.63) is 63.6 Å². The Kier molecular flexibility index (Phi) is 5.41. The van der Waals surface area contributed by atoms with Gasteiger partial charge in [0.2, 0.25) is 0 Å². The third kappa shape index (κ3) is 4.40. The second-order valence-corrected chi connectivity index (χ2v) is 9.09. The number of oxazole rings is 1. The molecular formula is C18H14BrClN2O4S. The van der Waals surface area contributed by atoms with Crippen LogP contribution in [0.25, 0.3) is 11.3 Å². The highest BCUT2D eigenvalue weighted by atomic mass is 79.9. The fourth-order valence-corrected chi connectivity index (χ4v) is 3.97. The lowest BCUT2D eigenvalue weighted by Gasteiger charge is -2.10. The Morgan fingerprint density at radius 2 is 1.96 bits per heavy atom. The van der Waals surface area contributed by atoms with Crippen LogP contribution in [-0.2, 0) is 9.84 Å². The molecule has 0 bridgehead atoms. The summed E-state index contributed by atoms with van der Waals surface area (Å²) in [4.78, 5) is 16.9. The zero-order valence-corrected chi connectivity index (χ0v) is 17.4. The van der Waals surface area contributed by atoms with E-state index in [9.17, 15) is 13.2 Å². The van der Waals surface area contributed by atoms with Crippen molar-refractivity contribution in [2.75, 3.05) is 11.6 Å². The van der Waals surface area contributed by atoms with E-state index in [4.69, 9.17) is 16.0 Å². The van der Waals surface area contributed by atoms with Gasteiger partial charge in [-0.25, -0.2) is 13.4 Å². The van der Waals surface area contributed by atoms with Crippen LogP contribution in [0.4, 0.5) is 5.69 Å². The van der Waals surface area contributed by atoms with E-state index in [-0.39, 0.29) is 4.90 Å². The van der Waals surface area contributed by atoms with Gasteiger partial charge in [-0.1, -0.05) is 11.6 Å². The molecule has 0 aliphatic heterocycles. The number of hydrogen-bond acceptors (Lipinski definition) is 5. The molecule has 0 fully saturated rings. The van der Waals surface area contributed by atoms with Crippen molar-refractivity contribution < 1.29 is 17.6 Å². The molecule has 3 aromatic rings. The minimum absolute atomic E-state index is 0.126. The van der Waals surface area contributed by atoms with E-state index in [1.165, 1.54) is 24.5 Å². The Labute approximate surface area is 169 Å². The topological polar surface area (TPSA) is 89.3 Å². The maximum atomic E-state index is 12.6. The number of rotatable bonds is 4. The molecule has 0 saturated carbocycles. The summed E-state index contributed by atoms with van der Waals surface area (Å²) >= 11 is 9.47. The van der Waals surface area contributed by atoms with Gasteiger partial charge in [-0.2, -0.15) is 0 Å². The van der Waals surface area contributed by atoms with E-state index in [0.717, 1.165) is 6.26 Å². The van der Waals surface area contributed by atoms with Crippen molar-refractivity contribution in [1.82, 2.24) is 4.98 Å². The van der Waals surface area contributed by atoms with Crippen molar-refractivity contribution in [1.29, 1.82) is 0 Å². The van der Waals surface area contributed by atoms with Gasteiger partial charge in [0.1, 0.15) is 12.0 Å². The predicted octanol–water partition coefficient (Wildman–Crippen LogP) is 4.72. The zero-order valence-electron chi connectivity index (χ0n) is 14.3. The second-order valence-electron chi connectivity index (χ2n) is 5.81. The van der Waals surface area contributed by atoms with Gasteiger partial charge < -0.3 is 9.73 Å². The Hall–Kier alpha value is -2.16. The van der Waals surface area contributed by atoms with E-state index in [1.54, 1.807) is 25.1 Å². The molecular weight excluding hydrogens is 456 g/mol. The quantitative estimate of drug-likeness (QED) is 0.597. The number of carbonyl (C=O) groups is 1. The van der Waals surface area contributed by atoms with Gasteiger partial charge in [0.15, 0.2) is 15.7 Å². The highest BCUT2D eigenvalue weighted by Gasteiger charge is 2.16. The molecule has 2 aromatic carbocycles. The van der Waals surface area contributed by atoms with Gasteiger partial charge in [0.25, 0.3) is 5.91 Å². The van der Waals surface area contributed by atoms with E-state index in [2.05, 4.69) is 26.2 Å². The molecule has 140 valence electrons. The number of halogens is 2. The summed E-state index contributed by atoms with van der Waals surface area (Å²) in [6, 6.07) is 9.24. The van der Waals surface area contributed by atoms with Crippen LogP contribution < -0.4 is 5.32 Å². The number of anilines is 1. The molecule has 0 spiro atoms. The van der Waals surface area contributed by atoms with Crippen LogP contribution in [0, 0.1) is 6.92 Å². The molecule has 9 heteroatoms. The first kappa shape index (κ1) is 19.6. The zero-order chi connectivity index (χ0) is 19.8. The highest BCUT2D eigenvalue weighted by Crippen LogP contribution is 2.30. The van der Waals surface area contributed by atoms with Crippen LogP contribution in [-0.4, -0.2) is 25.6 Å². The summed E-state index contributed by atoms with van der Waals surface area (Å²) in [5.41, 5.74) is 2.00. The van der Waals surface area contributed by atoms with E-state index in [0.29, 0.717) is 37.9 Å². The molecule has 0 saturated heterocycles. The third-order valence-corrected chi connectivity index (χ3v) is 5.83. The highest BCUT2D eigenvalue weighted by molar-refractivity contribution is 9.10. The van der Waals surface area contributed by atoms with Crippen LogP contribution in [0.1, 0.15) is 16.2 Å². The summed E-state index contributed by atoms with van der Waals surface area (Å²) in [7, 11) is -3.36. The number of hydrogen-bond donors (Lipinski definition) is 1. The molecule has 1 heterocycles. The monoisotopic (exact) mass is 468 g/mol. The normalized spacial score (nSPS) is 11.4. The summed E-state index contributed by atoms with van der Waals surface area (Å²) in [6.45, 7) is 1.72. The van der Waals surface area contributed by atoms with Crippen molar-refractivity contribution in [3.63, 3.8) is 0 Å². The van der Waals surface area contributed by atoms with Gasteiger partial charge in [0, 0.05) is 28.9 Å². The van der Waals surface area contributed by atoms with Crippen molar-refractivity contribution in [2.45, 2.75) is 11.8 Å². The van der Waals surface area contributed by atoms with E-state index >= 15 is 0 Å². The van der Waals surface area contributed by atoms with Crippen molar-refractivity contribution >= 4 is 49.0 Å². The SMILES string of the molecule is Cc1nc(-c2cc(NC(=O)c3ccc(S(C)(=O)=O)cc3Br)ccc2Cl)co1. The van der Waals surface area contributed by atoms with E-state index in [1.807, 2.05) is 0 Å². The molecule has 0 radical (unpaired) electrons.